The summed E-state index contributed by atoms with van der Waals surface area (Å²) in [5.41, 5.74) is 2.73. The molecule has 5 heteroatoms. The zero-order chi connectivity index (χ0) is 16.3. The predicted octanol–water partition coefficient (Wildman–Crippen LogP) is 3.89. The van der Waals surface area contributed by atoms with E-state index < -0.39 is 12.1 Å². The molecule has 0 N–H and O–H groups in total. The van der Waals surface area contributed by atoms with Crippen molar-refractivity contribution in [3.8, 4) is 0 Å². The first-order valence-corrected chi connectivity index (χ1v) is 7.61. The Morgan fingerprint density at radius 3 is 2.59 bits per heavy atom. The molecule has 2 rings (SSSR count). The van der Waals surface area contributed by atoms with Gasteiger partial charge in [-0.3, -0.25) is 9.78 Å². The van der Waals surface area contributed by atoms with Crippen LogP contribution in [0.2, 0.25) is 0 Å². The number of halogens is 1. The summed E-state index contributed by atoms with van der Waals surface area (Å²) in [6, 6.07) is 7.23. The molecule has 0 aliphatic carbocycles. The third-order valence-electron chi connectivity index (χ3n) is 3.25. The minimum Gasteiger partial charge on any atom is -0.451 e. The van der Waals surface area contributed by atoms with Crippen molar-refractivity contribution in [3.63, 3.8) is 0 Å². The number of aryl methyl sites for hydroxylation is 2. The second kappa shape index (κ2) is 6.83. The van der Waals surface area contributed by atoms with Crippen LogP contribution in [0.3, 0.4) is 0 Å². The molecule has 0 saturated carbocycles. The van der Waals surface area contributed by atoms with Gasteiger partial charge in [-0.15, -0.1) is 0 Å². The summed E-state index contributed by atoms with van der Waals surface area (Å²) in [6.07, 6.45) is 2.12. The molecule has 1 atom stereocenters. The molecular formula is C17H16BrNO3. The third kappa shape index (κ3) is 3.80. The van der Waals surface area contributed by atoms with Gasteiger partial charge in [-0.1, -0.05) is 17.7 Å². The molecule has 0 spiro atoms. The second-order valence-corrected chi connectivity index (χ2v) is 6.04. The molecular weight excluding hydrogens is 346 g/mol. The summed E-state index contributed by atoms with van der Waals surface area (Å²) in [6.45, 7) is 5.35. The predicted molar refractivity (Wildman–Crippen MR) is 87.1 cm³/mol. The SMILES string of the molecule is Cc1ccc(C)c(C(=O)[C@@H](C)OC(=O)c2cncc(Br)c2)c1. The van der Waals surface area contributed by atoms with Crippen molar-refractivity contribution >= 4 is 27.7 Å². The maximum absolute atomic E-state index is 12.4. The Kier molecular flexibility index (Phi) is 5.08. The topological polar surface area (TPSA) is 56.3 Å². The Labute approximate surface area is 137 Å². The highest BCUT2D eigenvalue weighted by atomic mass is 79.9. The Bertz CT molecular complexity index is 728. The van der Waals surface area contributed by atoms with Crippen LogP contribution in [-0.4, -0.2) is 22.8 Å². The van der Waals surface area contributed by atoms with Crippen molar-refractivity contribution in [2.75, 3.05) is 0 Å². The number of rotatable bonds is 4. The van der Waals surface area contributed by atoms with Crippen molar-refractivity contribution in [1.82, 2.24) is 4.98 Å². The van der Waals surface area contributed by atoms with E-state index >= 15 is 0 Å². The Hall–Kier alpha value is -2.01. The maximum atomic E-state index is 12.4. The molecule has 2 aromatic rings. The van der Waals surface area contributed by atoms with Crippen molar-refractivity contribution in [1.29, 1.82) is 0 Å². The zero-order valence-electron chi connectivity index (χ0n) is 12.6. The van der Waals surface area contributed by atoms with Crippen LogP contribution in [0.4, 0.5) is 0 Å². The highest BCUT2D eigenvalue weighted by Gasteiger charge is 2.22. The van der Waals surface area contributed by atoms with E-state index in [4.69, 9.17) is 4.74 Å². The number of ketones is 1. The number of carbonyl (C=O) groups excluding carboxylic acids is 2. The fraction of sp³-hybridized carbons (Fsp3) is 0.235. The van der Waals surface area contributed by atoms with Crippen molar-refractivity contribution in [3.05, 3.63) is 63.4 Å². The number of carbonyl (C=O) groups is 2. The van der Waals surface area contributed by atoms with Gasteiger partial charge in [0.2, 0.25) is 5.78 Å². The van der Waals surface area contributed by atoms with Gasteiger partial charge in [-0.25, -0.2) is 4.79 Å². The van der Waals surface area contributed by atoms with E-state index in [1.807, 2.05) is 32.0 Å². The van der Waals surface area contributed by atoms with E-state index in [0.717, 1.165) is 11.1 Å². The van der Waals surface area contributed by atoms with Crippen molar-refractivity contribution < 1.29 is 14.3 Å². The lowest BCUT2D eigenvalue weighted by Crippen LogP contribution is -2.25. The molecule has 0 aliphatic rings. The number of benzene rings is 1. The summed E-state index contributed by atoms with van der Waals surface area (Å²) in [7, 11) is 0. The summed E-state index contributed by atoms with van der Waals surface area (Å²) in [5.74, 6) is -0.780. The number of Topliss-reactive ketones (excluding diaryl/α,β-unsaturated/α-hetero) is 1. The summed E-state index contributed by atoms with van der Waals surface area (Å²) >= 11 is 3.24. The van der Waals surface area contributed by atoms with E-state index in [1.54, 1.807) is 19.2 Å². The number of hydrogen-bond donors (Lipinski definition) is 0. The van der Waals surface area contributed by atoms with E-state index in [9.17, 15) is 9.59 Å². The van der Waals surface area contributed by atoms with Crippen LogP contribution in [0.25, 0.3) is 0 Å². The molecule has 1 heterocycles. The van der Waals surface area contributed by atoms with Crippen molar-refractivity contribution in [2.45, 2.75) is 26.9 Å². The van der Waals surface area contributed by atoms with E-state index in [1.165, 1.54) is 6.20 Å². The summed E-state index contributed by atoms with van der Waals surface area (Å²) < 4.78 is 5.93. The average Bonchev–Trinajstić information content (AvgIpc) is 2.48. The van der Waals surface area contributed by atoms with E-state index in [-0.39, 0.29) is 5.78 Å². The molecule has 4 nitrogen and oxygen atoms in total. The van der Waals surface area contributed by atoms with Gasteiger partial charge in [-0.05, 0) is 54.4 Å². The van der Waals surface area contributed by atoms with Crippen LogP contribution >= 0.6 is 15.9 Å². The van der Waals surface area contributed by atoms with Crippen LogP contribution in [0.5, 0.6) is 0 Å². The second-order valence-electron chi connectivity index (χ2n) is 5.12. The molecule has 0 bridgehead atoms. The van der Waals surface area contributed by atoms with Crippen LogP contribution in [0.15, 0.2) is 41.1 Å². The smallest absolute Gasteiger partial charge is 0.340 e. The fourth-order valence-electron chi connectivity index (χ4n) is 2.03. The monoisotopic (exact) mass is 361 g/mol. The van der Waals surface area contributed by atoms with Gasteiger partial charge < -0.3 is 4.74 Å². The van der Waals surface area contributed by atoms with Crippen LogP contribution in [0, 0.1) is 13.8 Å². The van der Waals surface area contributed by atoms with Crippen LogP contribution < -0.4 is 0 Å². The number of hydrogen-bond acceptors (Lipinski definition) is 4. The number of ether oxygens (including phenoxy) is 1. The van der Waals surface area contributed by atoms with Crippen molar-refractivity contribution in [2.24, 2.45) is 0 Å². The quantitative estimate of drug-likeness (QED) is 0.612. The largest absolute Gasteiger partial charge is 0.451 e. The number of nitrogens with zero attached hydrogens (tertiary/aromatic N) is 1. The molecule has 22 heavy (non-hydrogen) atoms. The standard InChI is InChI=1S/C17H16BrNO3/c1-10-4-5-11(2)15(6-10)16(20)12(3)22-17(21)13-7-14(18)9-19-8-13/h4-9,12H,1-3H3/t12-/m1/s1. The lowest BCUT2D eigenvalue weighted by Gasteiger charge is -2.14. The highest BCUT2D eigenvalue weighted by molar-refractivity contribution is 9.10. The molecule has 0 amide bonds. The minimum atomic E-state index is -0.855. The lowest BCUT2D eigenvalue weighted by molar-refractivity contribution is 0.0318. The first-order chi connectivity index (χ1) is 10.4. The van der Waals surface area contributed by atoms with E-state index in [0.29, 0.717) is 15.6 Å². The van der Waals surface area contributed by atoms with Gasteiger partial charge in [0.25, 0.3) is 0 Å². The summed E-state index contributed by atoms with van der Waals surface area (Å²) in [5, 5.41) is 0. The van der Waals surface area contributed by atoms with Gasteiger partial charge in [-0.2, -0.15) is 0 Å². The highest BCUT2D eigenvalue weighted by Crippen LogP contribution is 2.16. The molecule has 114 valence electrons. The number of aromatic nitrogens is 1. The molecule has 0 saturated heterocycles. The molecule has 0 unspecified atom stereocenters. The number of esters is 1. The number of pyridine rings is 1. The normalized spacial score (nSPS) is 11.8. The Morgan fingerprint density at radius 1 is 1.18 bits per heavy atom. The van der Waals surface area contributed by atoms with Gasteiger partial charge >= 0.3 is 5.97 Å². The molecule has 1 aromatic carbocycles. The van der Waals surface area contributed by atoms with Gasteiger partial charge in [0.15, 0.2) is 6.10 Å². The first kappa shape index (κ1) is 16.4. The maximum Gasteiger partial charge on any atom is 0.340 e. The fourth-order valence-corrected chi connectivity index (χ4v) is 2.39. The van der Waals surface area contributed by atoms with E-state index in [2.05, 4.69) is 20.9 Å². The van der Waals surface area contributed by atoms with Gasteiger partial charge in [0, 0.05) is 22.4 Å². The van der Waals surface area contributed by atoms with Gasteiger partial charge in [0.1, 0.15) is 0 Å². The zero-order valence-corrected chi connectivity index (χ0v) is 14.2. The first-order valence-electron chi connectivity index (χ1n) is 6.81. The lowest BCUT2D eigenvalue weighted by atomic mass is 9.99. The molecule has 1 aromatic heterocycles. The average molecular weight is 362 g/mol. The van der Waals surface area contributed by atoms with Gasteiger partial charge in [0.05, 0.1) is 5.56 Å². The van der Waals surface area contributed by atoms with Crippen LogP contribution in [-0.2, 0) is 4.74 Å². The van der Waals surface area contributed by atoms with Crippen LogP contribution in [0.1, 0.15) is 38.8 Å². The Balaban J connectivity index is 2.14. The molecule has 0 aliphatic heterocycles. The Morgan fingerprint density at radius 2 is 1.91 bits per heavy atom. The summed E-state index contributed by atoms with van der Waals surface area (Å²) in [4.78, 5) is 28.4. The molecule has 0 fully saturated rings. The molecule has 0 radical (unpaired) electrons. The third-order valence-corrected chi connectivity index (χ3v) is 3.69. The minimum absolute atomic E-state index is 0.211.